The number of Topliss-reactive ketones (excluding diaryl/α,β-unsaturated/α-hetero) is 1. The molecule has 328 valence electrons. The molecule has 22 heteroatoms. The monoisotopic (exact) mass is 883 g/mol. The Bertz CT molecular complexity index is 2170. The Balaban J connectivity index is 0.966. The van der Waals surface area contributed by atoms with Crippen LogP contribution in [0.1, 0.15) is 35.2 Å². The maximum atomic E-state index is 12.5. The standard InChI is InChI=1S/C38H48N2O18P2/c41-29(5-6-30(42)25-40-13-9-26(10-14-40)24-38(47,59(48,49)50)60(51,52)53)11-15-54-17-19-56-21-22-57-20-18-55-16-12-39-37(46)28-3-1-27(2-4-28)34-23-33(44)31-7-8-32(43)35(45)36(31)58-34/h1-4,7-10,13-14,23,30,42,47H,5-6,11-12,15-22,24-25H2,(H6-,39,43,44,45,46,48,49,50,51,52,53)/p+1. The van der Waals surface area contributed by atoms with Crippen molar-refractivity contribution >= 4 is 37.9 Å². The van der Waals surface area contributed by atoms with Crippen LogP contribution in [0.2, 0.25) is 0 Å². The lowest BCUT2D eigenvalue weighted by Crippen LogP contribution is -2.39. The van der Waals surface area contributed by atoms with Gasteiger partial charge >= 0.3 is 15.2 Å². The van der Waals surface area contributed by atoms with Crippen LogP contribution in [0.3, 0.4) is 0 Å². The SMILES string of the molecule is O=C(CCOCCOCCOCCOCCNC(=O)c1ccc(-c2cc(=O)c3ccc(O)c(O)c3o2)cc1)CCC(O)C[n+]1ccc(CC(O)(P(=O)(O)O)P(=O)(O)O)cc1. The predicted molar refractivity (Wildman–Crippen MR) is 211 cm³/mol. The van der Waals surface area contributed by atoms with Gasteiger partial charge in [0.05, 0.1) is 58.2 Å². The zero-order chi connectivity index (χ0) is 43.9. The molecule has 0 aliphatic heterocycles. The van der Waals surface area contributed by atoms with Crippen LogP contribution in [0.5, 0.6) is 11.5 Å². The number of phenolic OH excluding ortho intramolecular Hbond substituents is 2. The Morgan fingerprint density at radius 3 is 1.93 bits per heavy atom. The van der Waals surface area contributed by atoms with Crippen LogP contribution < -0.4 is 15.3 Å². The number of hydrogen-bond donors (Lipinski definition) is 9. The first kappa shape index (κ1) is 48.3. The van der Waals surface area contributed by atoms with Gasteiger partial charge in [0.25, 0.3) is 11.0 Å². The molecule has 9 N–H and O–H groups in total. The average molecular weight is 884 g/mol. The molecular weight excluding hydrogens is 834 g/mol. The van der Waals surface area contributed by atoms with E-state index in [9.17, 15) is 63.5 Å². The van der Waals surface area contributed by atoms with E-state index in [-0.39, 0.29) is 86.2 Å². The molecule has 4 aromatic rings. The van der Waals surface area contributed by atoms with E-state index in [1.807, 2.05) is 0 Å². The number of aliphatic hydroxyl groups excluding tert-OH is 1. The number of benzene rings is 2. The number of nitrogens with zero attached hydrogens (tertiary/aromatic N) is 1. The first-order chi connectivity index (χ1) is 28.4. The molecule has 20 nitrogen and oxygen atoms in total. The number of carbonyl (C=O) groups is 2. The van der Waals surface area contributed by atoms with Gasteiger partial charge in [-0.1, -0.05) is 12.1 Å². The number of rotatable bonds is 26. The van der Waals surface area contributed by atoms with Crippen molar-refractivity contribution in [1.29, 1.82) is 0 Å². The van der Waals surface area contributed by atoms with E-state index in [0.29, 0.717) is 44.2 Å². The molecule has 0 radical (unpaired) electrons. The third-order valence-corrected chi connectivity index (χ3v) is 12.7. The maximum Gasteiger partial charge on any atom is 0.369 e. The van der Waals surface area contributed by atoms with Gasteiger partial charge in [-0.15, -0.1) is 0 Å². The maximum absolute atomic E-state index is 12.5. The van der Waals surface area contributed by atoms with E-state index >= 15 is 0 Å². The fraction of sp³-hybridized carbons (Fsp3) is 0.421. The number of carbonyl (C=O) groups excluding carboxylic acids is 2. The minimum Gasteiger partial charge on any atom is -0.504 e. The molecule has 0 saturated carbocycles. The number of ketones is 1. The van der Waals surface area contributed by atoms with Crippen molar-refractivity contribution in [3.8, 4) is 22.8 Å². The summed E-state index contributed by atoms with van der Waals surface area (Å²) in [6.45, 7) is 2.57. The van der Waals surface area contributed by atoms with Gasteiger partial charge in [0.2, 0.25) is 5.75 Å². The summed E-state index contributed by atoms with van der Waals surface area (Å²) in [4.78, 5) is 74.4. The molecular formula is C38H49N2O18P2+. The highest BCUT2D eigenvalue weighted by Gasteiger charge is 2.59. The highest BCUT2D eigenvalue weighted by Crippen LogP contribution is 2.68. The number of aliphatic hydroxyl groups is 2. The molecule has 0 fully saturated rings. The number of nitrogens with one attached hydrogen (secondary N) is 1. The van der Waals surface area contributed by atoms with Crippen LogP contribution in [0.4, 0.5) is 0 Å². The molecule has 2 aromatic heterocycles. The van der Waals surface area contributed by atoms with E-state index in [1.165, 1.54) is 47.3 Å². The van der Waals surface area contributed by atoms with Crippen LogP contribution >= 0.6 is 15.2 Å². The smallest absolute Gasteiger partial charge is 0.369 e. The van der Waals surface area contributed by atoms with Crippen LogP contribution in [0, 0.1) is 0 Å². The van der Waals surface area contributed by atoms with E-state index in [1.54, 1.807) is 24.3 Å². The van der Waals surface area contributed by atoms with E-state index < -0.39 is 49.7 Å². The second kappa shape index (κ2) is 22.4. The molecule has 1 unspecified atom stereocenters. The Morgan fingerprint density at radius 2 is 1.35 bits per heavy atom. The Labute approximate surface area is 343 Å². The third kappa shape index (κ3) is 14.1. The van der Waals surface area contributed by atoms with Crippen molar-refractivity contribution in [1.82, 2.24) is 5.32 Å². The lowest BCUT2D eigenvalue weighted by atomic mass is 10.1. The molecule has 0 aliphatic rings. The molecule has 60 heavy (non-hydrogen) atoms. The average Bonchev–Trinajstić information content (AvgIpc) is 3.19. The molecule has 0 spiro atoms. The molecule has 1 atom stereocenters. The quantitative estimate of drug-likeness (QED) is 0.0186. The number of aromatic hydroxyl groups is 2. The number of phenols is 2. The van der Waals surface area contributed by atoms with E-state index in [2.05, 4.69) is 5.32 Å². The van der Waals surface area contributed by atoms with Gasteiger partial charge in [0.15, 0.2) is 35.7 Å². The molecule has 1 amide bonds. The Morgan fingerprint density at radius 1 is 0.783 bits per heavy atom. The van der Waals surface area contributed by atoms with Crippen molar-refractivity contribution in [2.45, 2.75) is 43.4 Å². The first-order valence-electron chi connectivity index (χ1n) is 18.6. The number of ether oxygens (including phenoxy) is 4. The summed E-state index contributed by atoms with van der Waals surface area (Å²) < 4.78 is 52.1. The van der Waals surface area contributed by atoms with E-state index in [0.717, 1.165) is 0 Å². The van der Waals surface area contributed by atoms with Gasteiger partial charge in [-0.3, -0.25) is 23.5 Å². The first-order valence-corrected chi connectivity index (χ1v) is 21.8. The van der Waals surface area contributed by atoms with Crippen molar-refractivity contribution in [2.24, 2.45) is 0 Å². The van der Waals surface area contributed by atoms with Crippen molar-refractivity contribution in [3.63, 3.8) is 0 Å². The second-order valence-corrected chi connectivity index (χ2v) is 17.5. The normalized spacial score (nSPS) is 12.8. The molecule has 2 aromatic carbocycles. The molecule has 4 rings (SSSR count). The highest BCUT2D eigenvalue weighted by molar-refractivity contribution is 7.72. The zero-order valence-electron chi connectivity index (χ0n) is 32.3. The summed E-state index contributed by atoms with van der Waals surface area (Å²) in [5.74, 6) is -1.24. The third-order valence-electron chi connectivity index (χ3n) is 8.97. The van der Waals surface area contributed by atoms with Crippen LogP contribution in [-0.4, -0.2) is 122 Å². The lowest BCUT2D eigenvalue weighted by Gasteiger charge is -2.29. The zero-order valence-corrected chi connectivity index (χ0v) is 34.1. The van der Waals surface area contributed by atoms with Gasteiger partial charge < -0.3 is 68.7 Å². The number of pyridine rings is 1. The van der Waals surface area contributed by atoms with Crippen LogP contribution in [0.15, 0.2) is 76.2 Å². The van der Waals surface area contributed by atoms with Gasteiger partial charge in [0, 0.05) is 55.1 Å². The van der Waals surface area contributed by atoms with Crippen molar-refractivity contribution in [3.05, 3.63) is 88.3 Å². The Kier molecular flexibility index (Phi) is 18.1. The summed E-state index contributed by atoms with van der Waals surface area (Å²) >= 11 is 0. The number of aromatic nitrogens is 1. The number of fused-ring (bicyclic) bond motifs is 1. The molecule has 0 aliphatic carbocycles. The predicted octanol–water partition coefficient (Wildman–Crippen LogP) is 1.30. The largest absolute Gasteiger partial charge is 0.504 e. The van der Waals surface area contributed by atoms with Crippen LogP contribution in [0.25, 0.3) is 22.3 Å². The molecule has 0 saturated heterocycles. The van der Waals surface area contributed by atoms with Gasteiger partial charge in [-0.05, 0) is 36.2 Å². The van der Waals surface area contributed by atoms with Gasteiger partial charge in [-0.25, -0.2) is 4.57 Å². The molecule has 0 bridgehead atoms. The minimum absolute atomic E-state index is 0.0409. The second-order valence-electron chi connectivity index (χ2n) is 13.5. The van der Waals surface area contributed by atoms with Gasteiger partial charge in [0.1, 0.15) is 17.6 Å². The van der Waals surface area contributed by atoms with E-state index in [4.69, 9.17) is 23.4 Å². The number of amides is 1. The van der Waals surface area contributed by atoms with Gasteiger partial charge in [-0.2, -0.15) is 0 Å². The highest BCUT2D eigenvalue weighted by atomic mass is 31.2. The topological polar surface area (TPSA) is 313 Å². The lowest BCUT2D eigenvalue weighted by molar-refractivity contribution is -0.703. The summed E-state index contributed by atoms with van der Waals surface area (Å²) in [7, 11) is -11.2. The molecule has 2 heterocycles. The fourth-order valence-electron chi connectivity index (χ4n) is 5.57. The minimum atomic E-state index is -5.60. The van der Waals surface area contributed by atoms with Crippen molar-refractivity contribution < 1.29 is 86.7 Å². The summed E-state index contributed by atoms with van der Waals surface area (Å²) in [5.41, 5.74) is 0.367. The summed E-state index contributed by atoms with van der Waals surface area (Å²) in [5, 5.41) is 39.5. The summed E-state index contributed by atoms with van der Waals surface area (Å²) in [6, 6.07) is 12.7. The Hall–Kier alpha value is -4.40. The van der Waals surface area contributed by atoms with Crippen molar-refractivity contribution in [2.75, 3.05) is 59.4 Å². The van der Waals surface area contributed by atoms with Crippen LogP contribution in [-0.2, 0) is 45.8 Å². The fourth-order valence-corrected chi connectivity index (χ4v) is 7.71. The number of hydrogen-bond acceptors (Lipinski definition) is 14. The summed E-state index contributed by atoms with van der Waals surface area (Å²) in [6.07, 6.45) is 1.29.